The molecule has 0 aliphatic carbocycles. The van der Waals surface area contributed by atoms with Crippen LogP contribution in [-0.4, -0.2) is 23.2 Å². The maximum absolute atomic E-state index is 11.9. The molecule has 23 heavy (non-hydrogen) atoms. The average Bonchev–Trinajstić information content (AvgIpc) is 2.85. The van der Waals surface area contributed by atoms with Crippen molar-refractivity contribution in [2.24, 2.45) is 5.10 Å². The number of amides is 1. The topological polar surface area (TPSA) is 66.5 Å². The Kier molecular flexibility index (Phi) is 5.21. The molecule has 0 atom stereocenters. The van der Waals surface area contributed by atoms with Crippen LogP contribution >= 0.6 is 0 Å². The molecule has 0 spiro atoms. The minimum Gasteiger partial charge on any atom is -0.484 e. The number of nitrogens with one attached hydrogen (secondary N) is 2. The zero-order chi connectivity index (χ0) is 17.0. The molecule has 0 bridgehead atoms. The molecule has 0 radical (unpaired) electrons. The normalized spacial score (nSPS) is 11.4. The number of hydrogen-bond donors (Lipinski definition) is 2. The molecule has 1 heterocycles. The van der Waals surface area contributed by atoms with Gasteiger partial charge >= 0.3 is 0 Å². The molecule has 1 aromatic heterocycles. The highest BCUT2D eigenvalue weighted by Crippen LogP contribution is 2.16. The van der Waals surface area contributed by atoms with Crippen molar-refractivity contribution >= 4 is 11.6 Å². The molecule has 0 unspecified atom stereocenters. The molecule has 0 fully saturated rings. The van der Waals surface area contributed by atoms with Crippen molar-refractivity contribution in [2.45, 2.75) is 34.6 Å². The van der Waals surface area contributed by atoms with E-state index in [9.17, 15) is 4.79 Å². The Bertz CT molecular complexity index is 725. The minimum atomic E-state index is -0.284. The molecule has 0 saturated carbocycles. The predicted octanol–water partition coefficient (Wildman–Crippen LogP) is 3.17. The summed E-state index contributed by atoms with van der Waals surface area (Å²) in [5.74, 6) is 0.398. The molecule has 2 N–H and O–H groups in total. The Balaban J connectivity index is 1.92. The number of hydrazone groups is 1. The lowest BCUT2D eigenvalue weighted by Crippen LogP contribution is -2.25. The van der Waals surface area contributed by atoms with Crippen molar-refractivity contribution in [1.82, 2.24) is 10.4 Å². The second-order valence-electron chi connectivity index (χ2n) is 5.74. The van der Waals surface area contributed by atoms with Crippen molar-refractivity contribution < 1.29 is 9.53 Å². The monoisotopic (exact) mass is 313 g/mol. The molecule has 5 heteroatoms. The summed E-state index contributed by atoms with van der Waals surface area (Å²) in [6.07, 6.45) is 1.92. The first-order valence-electron chi connectivity index (χ1n) is 7.56. The number of carbonyl (C=O) groups excluding carboxylic acids is 1. The standard InChI is InChI=1S/C18H23N3O2/c1-11-6-7-16(8-12(11)2)23-10-17(22)21-20-15(5)18-13(3)9-19-14(18)4/h6-9,19H,10H2,1-5H3,(H,21,22)/b20-15+. The van der Waals surface area contributed by atoms with Crippen LogP contribution in [0.1, 0.15) is 34.9 Å². The van der Waals surface area contributed by atoms with Crippen LogP contribution in [0.25, 0.3) is 0 Å². The van der Waals surface area contributed by atoms with Gasteiger partial charge in [-0.05, 0) is 63.4 Å². The van der Waals surface area contributed by atoms with Gasteiger partial charge in [0.1, 0.15) is 5.75 Å². The number of aromatic nitrogens is 1. The maximum atomic E-state index is 11.9. The van der Waals surface area contributed by atoms with Gasteiger partial charge < -0.3 is 9.72 Å². The van der Waals surface area contributed by atoms with Gasteiger partial charge in [0, 0.05) is 17.5 Å². The lowest BCUT2D eigenvalue weighted by molar-refractivity contribution is -0.123. The van der Waals surface area contributed by atoms with E-state index in [2.05, 4.69) is 15.5 Å². The van der Waals surface area contributed by atoms with E-state index in [1.54, 1.807) is 0 Å². The van der Waals surface area contributed by atoms with Crippen LogP contribution in [0.2, 0.25) is 0 Å². The van der Waals surface area contributed by atoms with E-state index in [0.29, 0.717) is 5.75 Å². The van der Waals surface area contributed by atoms with Gasteiger partial charge in [-0.2, -0.15) is 5.10 Å². The zero-order valence-electron chi connectivity index (χ0n) is 14.3. The number of hydrogen-bond acceptors (Lipinski definition) is 3. The van der Waals surface area contributed by atoms with Gasteiger partial charge in [-0.25, -0.2) is 5.43 Å². The van der Waals surface area contributed by atoms with Crippen molar-refractivity contribution in [2.75, 3.05) is 6.61 Å². The third-order valence-corrected chi connectivity index (χ3v) is 3.83. The molecule has 0 saturated heterocycles. The van der Waals surface area contributed by atoms with Crippen molar-refractivity contribution in [3.8, 4) is 5.75 Å². The van der Waals surface area contributed by atoms with Crippen molar-refractivity contribution in [1.29, 1.82) is 0 Å². The van der Waals surface area contributed by atoms with E-state index in [4.69, 9.17) is 4.74 Å². The van der Waals surface area contributed by atoms with E-state index in [-0.39, 0.29) is 12.5 Å². The van der Waals surface area contributed by atoms with Crippen LogP contribution in [0.15, 0.2) is 29.5 Å². The molecule has 122 valence electrons. The van der Waals surface area contributed by atoms with Gasteiger partial charge in [0.25, 0.3) is 5.91 Å². The van der Waals surface area contributed by atoms with E-state index in [1.165, 1.54) is 5.56 Å². The Morgan fingerprint density at radius 2 is 1.91 bits per heavy atom. The summed E-state index contributed by atoms with van der Waals surface area (Å²) < 4.78 is 5.49. The molecule has 2 aromatic rings. The quantitative estimate of drug-likeness (QED) is 0.657. The molecule has 0 aliphatic rings. The minimum absolute atomic E-state index is 0.0651. The summed E-state index contributed by atoms with van der Waals surface area (Å²) >= 11 is 0. The van der Waals surface area contributed by atoms with Gasteiger partial charge in [-0.3, -0.25) is 4.79 Å². The van der Waals surface area contributed by atoms with Gasteiger partial charge in [0.05, 0.1) is 5.71 Å². The third kappa shape index (κ3) is 4.22. The fourth-order valence-corrected chi connectivity index (χ4v) is 2.40. The van der Waals surface area contributed by atoms with E-state index in [0.717, 1.165) is 28.1 Å². The zero-order valence-corrected chi connectivity index (χ0v) is 14.3. The van der Waals surface area contributed by atoms with Crippen LogP contribution in [0.5, 0.6) is 5.75 Å². The number of ether oxygens (including phenoxy) is 1. The Morgan fingerprint density at radius 3 is 2.52 bits per heavy atom. The lowest BCUT2D eigenvalue weighted by Gasteiger charge is -2.08. The summed E-state index contributed by atoms with van der Waals surface area (Å²) in [6, 6.07) is 5.75. The van der Waals surface area contributed by atoms with Gasteiger partial charge in [-0.1, -0.05) is 6.07 Å². The van der Waals surface area contributed by atoms with Crippen LogP contribution in [0.3, 0.4) is 0 Å². The number of nitrogens with zero attached hydrogens (tertiary/aromatic N) is 1. The molecular weight excluding hydrogens is 290 g/mol. The molecule has 1 amide bonds. The summed E-state index contributed by atoms with van der Waals surface area (Å²) in [4.78, 5) is 15.0. The fraction of sp³-hybridized carbons (Fsp3) is 0.333. The molecule has 1 aromatic carbocycles. The first-order valence-corrected chi connectivity index (χ1v) is 7.56. The first kappa shape index (κ1) is 16.8. The SMILES string of the molecule is C/C(=N\NC(=O)COc1ccc(C)c(C)c1)c1c(C)c[nH]c1C. The lowest BCUT2D eigenvalue weighted by atomic mass is 10.1. The highest BCUT2D eigenvalue weighted by Gasteiger charge is 2.09. The predicted molar refractivity (Wildman–Crippen MR) is 92.0 cm³/mol. The number of rotatable bonds is 5. The second kappa shape index (κ2) is 7.13. The Hall–Kier alpha value is -2.56. The number of benzene rings is 1. The fourth-order valence-electron chi connectivity index (χ4n) is 2.40. The summed E-state index contributed by atoms with van der Waals surface area (Å²) in [5, 5.41) is 4.15. The van der Waals surface area contributed by atoms with Gasteiger partial charge in [0.2, 0.25) is 0 Å². The first-order chi connectivity index (χ1) is 10.9. The van der Waals surface area contributed by atoms with E-state index >= 15 is 0 Å². The van der Waals surface area contributed by atoms with Crippen LogP contribution in [-0.2, 0) is 4.79 Å². The summed E-state index contributed by atoms with van der Waals surface area (Å²) in [7, 11) is 0. The molecule has 2 rings (SSSR count). The van der Waals surface area contributed by atoms with Crippen LogP contribution < -0.4 is 10.2 Å². The van der Waals surface area contributed by atoms with Crippen LogP contribution in [0, 0.1) is 27.7 Å². The summed E-state index contributed by atoms with van der Waals surface area (Å²) in [5.41, 5.74) is 8.79. The van der Waals surface area contributed by atoms with Crippen molar-refractivity contribution in [3.05, 3.63) is 52.3 Å². The summed E-state index contributed by atoms with van der Waals surface area (Å²) in [6.45, 7) is 9.83. The molecule has 0 aliphatic heterocycles. The van der Waals surface area contributed by atoms with Crippen molar-refractivity contribution in [3.63, 3.8) is 0 Å². The Labute approximate surface area is 136 Å². The van der Waals surface area contributed by atoms with Crippen LogP contribution in [0.4, 0.5) is 0 Å². The number of aromatic amines is 1. The number of carbonyl (C=O) groups is 1. The largest absolute Gasteiger partial charge is 0.484 e. The third-order valence-electron chi connectivity index (χ3n) is 3.83. The molecule has 5 nitrogen and oxygen atoms in total. The highest BCUT2D eigenvalue weighted by atomic mass is 16.5. The van der Waals surface area contributed by atoms with E-state index in [1.807, 2.05) is 59.0 Å². The van der Waals surface area contributed by atoms with Gasteiger partial charge in [0.15, 0.2) is 6.61 Å². The highest BCUT2D eigenvalue weighted by molar-refractivity contribution is 6.01. The van der Waals surface area contributed by atoms with Gasteiger partial charge in [-0.15, -0.1) is 0 Å². The number of H-pyrrole nitrogens is 1. The molecular formula is C18H23N3O2. The second-order valence-corrected chi connectivity index (χ2v) is 5.74. The Morgan fingerprint density at radius 1 is 1.17 bits per heavy atom. The smallest absolute Gasteiger partial charge is 0.277 e. The number of aryl methyl sites for hydroxylation is 4. The average molecular weight is 313 g/mol. The van der Waals surface area contributed by atoms with E-state index < -0.39 is 0 Å². The maximum Gasteiger partial charge on any atom is 0.277 e.